The molecule has 1 aliphatic rings. The van der Waals surface area contributed by atoms with E-state index in [1.807, 2.05) is 0 Å². The van der Waals surface area contributed by atoms with E-state index in [1.165, 1.54) is 0 Å². The molecule has 102 valence electrons. The van der Waals surface area contributed by atoms with Gasteiger partial charge in [0.05, 0.1) is 0 Å². The molecule has 0 saturated heterocycles. The topological polar surface area (TPSA) is 17.1 Å². The van der Waals surface area contributed by atoms with Crippen LogP contribution in [0.5, 0.6) is 0 Å². The van der Waals surface area contributed by atoms with Gasteiger partial charge >= 0.3 is 0 Å². The number of hydrogen-bond donors (Lipinski definition) is 0. The lowest BCUT2D eigenvalue weighted by Crippen LogP contribution is -2.54. The van der Waals surface area contributed by atoms with E-state index in [1.54, 1.807) is 0 Å². The highest BCUT2D eigenvalue weighted by atomic mass is 16.1. The maximum Gasteiger partial charge on any atom is 0.142 e. The van der Waals surface area contributed by atoms with Gasteiger partial charge in [-0.15, -0.1) is 12.3 Å². The number of rotatable bonds is 2. The van der Waals surface area contributed by atoms with E-state index < -0.39 is 0 Å². The fraction of sp³-hybridized carbons (Fsp3) is 0.824. The number of ketones is 1. The number of Topliss-reactive ketones (excluding diaryl/α,β-unsaturated/α-hetero) is 1. The zero-order valence-electron chi connectivity index (χ0n) is 12.9. The van der Waals surface area contributed by atoms with Crippen molar-refractivity contribution in [2.45, 2.75) is 48.5 Å². The van der Waals surface area contributed by atoms with Crippen LogP contribution in [0.1, 0.15) is 48.5 Å². The van der Waals surface area contributed by atoms with Crippen LogP contribution < -0.4 is 0 Å². The molecule has 0 aromatic heterocycles. The van der Waals surface area contributed by atoms with Crippen molar-refractivity contribution in [3.05, 3.63) is 0 Å². The summed E-state index contributed by atoms with van der Waals surface area (Å²) in [6.45, 7) is 15.1. The van der Waals surface area contributed by atoms with E-state index in [-0.39, 0.29) is 23.2 Å². The van der Waals surface area contributed by atoms with E-state index in [0.717, 1.165) is 0 Å². The van der Waals surface area contributed by atoms with Gasteiger partial charge in [-0.2, -0.15) is 0 Å². The normalized spacial score (nSPS) is 44.2. The summed E-state index contributed by atoms with van der Waals surface area (Å²) in [6, 6.07) is 0. The van der Waals surface area contributed by atoms with Crippen LogP contribution in [0.25, 0.3) is 0 Å². The summed E-state index contributed by atoms with van der Waals surface area (Å²) in [7, 11) is 0. The molecule has 18 heavy (non-hydrogen) atoms. The Balaban J connectivity index is 3.19. The van der Waals surface area contributed by atoms with Gasteiger partial charge in [-0.3, -0.25) is 4.79 Å². The van der Waals surface area contributed by atoms with Gasteiger partial charge in [-0.05, 0) is 23.7 Å². The Kier molecular flexibility index (Phi) is 4.31. The van der Waals surface area contributed by atoms with E-state index in [4.69, 9.17) is 6.42 Å². The van der Waals surface area contributed by atoms with Gasteiger partial charge in [0.25, 0.3) is 0 Å². The van der Waals surface area contributed by atoms with E-state index in [0.29, 0.717) is 23.5 Å². The molecule has 0 bridgehead atoms. The Bertz CT molecular complexity index is 364. The first kappa shape index (κ1) is 15.3. The van der Waals surface area contributed by atoms with Crippen molar-refractivity contribution in [3.63, 3.8) is 0 Å². The zero-order chi connectivity index (χ0) is 14.2. The van der Waals surface area contributed by atoms with Crippen LogP contribution >= 0.6 is 0 Å². The Hall–Kier alpha value is -0.770. The van der Waals surface area contributed by atoms with Crippen molar-refractivity contribution in [3.8, 4) is 12.3 Å². The molecule has 0 N–H and O–H groups in total. The van der Waals surface area contributed by atoms with Crippen molar-refractivity contribution in [2.75, 3.05) is 0 Å². The molecule has 1 saturated carbocycles. The largest absolute Gasteiger partial charge is 0.299 e. The van der Waals surface area contributed by atoms with Crippen molar-refractivity contribution < 1.29 is 4.79 Å². The fourth-order valence-corrected chi connectivity index (χ4v) is 3.71. The van der Waals surface area contributed by atoms with Crippen molar-refractivity contribution >= 4 is 5.78 Å². The number of hydrogen-bond acceptors (Lipinski definition) is 1. The van der Waals surface area contributed by atoms with Crippen LogP contribution in [0.4, 0.5) is 0 Å². The Morgan fingerprint density at radius 1 is 1.17 bits per heavy atom. The molecule has 0 aromatic carbocycles. The zero-order valence-corrected chi connectivity index (χ0v) is 12.9. The number of carbonyl (C=O) groups excluding carboxylic acids is 1. The predicted molar refractivity (Wildman–Crippen MR) is 76.9 cm³/mol. The van der Waals surface area contributed by atoms with Gasteiger partial charge in [0, 0.05) is 17.3 Å². The summed E-state index contributed by atoms with van der Waals surface area (Å²) < 4.78 is 0. The van der Waals surface area contributed by atoms with E-state index in [9.17, 15) is 4.79 Å². The van der Waals surface area contributed by atoms with Crippen LogP contribution in [0, 0.1) is 53.3 Å². The van der Waals surface area contributed by atoms with Gasteiger partial charge in [-0.1, -0.05) is 48.5 Å². The SMILES string of the molecule is C#CC(C)C(C)C1(C)C(=O)C(C)C(C)C(C)C1C. The first-order valence-corrected chi connectivity index (χ1v) is 7.19. The minimum atomic E-state index is -0.281. The van der Waals surface area contributed by atoms with Crippen LogP contribution in [0.3, 0.4) is 0 Å². The van der Waals surface area contributed by atoms with Crippen molar-refractivity contribution in [1.29, 1.82) is 0 Å². The highest BCUT2D eigenvalue weighted by Crippen LogP contribution is 2.52. The van der Waals surface area contributed by atoms with Gasteiger partial charge in [0.15, 0.2) is 0 Å². The Morgan fingerprint density at radius 3 is 2.11 bits per heavy atom. The van der Waals surface area contributed by atoms with Crippen LogP contribution in [0.2, 0.25) is 0 Å². The first-order chi connectivity index (χ1) is 8.19. The van der Waals surface area contributed by atoms with Crippen LogP contribution in [-0.4, -0.2) is 5.78 Å². The first-order valence-electron chi connectivity index (χ1n) is 7.19. The molecule has 0 heterocycles. The second-order valence-corrected chi connectivity index (χ2v) is 6.69. The standard InChI is InChI=1S/C17H28O/c1-9-10(2)14(6)17(8)15(7)12(4)11(3)13(5)16(17)18/h1,10-15H,2-8H3. The van der Waals surface area contributed by atoms with Gasteiger partial charge in [0.2, 0.25) is 0 Å². The van der Waals surface area contributed by atoms with Gasteiger partial charge in [0.1, 0.15) is 5.78 Å². The molecule has 1 aliphatic carbocycles. The molecule has 1 rings (SSSR count). The molecular formula is C17H28O. The lowest BCUT2D eigenvalue weighted by atomic mass is 9.51. The minimum absolute atomic E-state index is 0.147. The Morgan fingerprint density at radius 2 is 1.67 bits per heavy atom. The second kappa shape index (κ2) is 5.08. The maximum absolute atomic E-state index is 12.8. The van der Waals surface area contributed by atoms with Crippen molar-refractivity contribution in [2.24, 2.45) is 40.9 Å². The number of carbonyl (C=O) groups is 1. The van der Waals surface area contributed by atoms with E-state index >= 15 is 0 Å². The van der Waals surface area contributed by atoms with Crippen molar-refractivity contribution in [1.82, 2.24) is 0 Å². The Labute approximate surface area is 113 Å². The summed E-state index contributed by atoms with van der Waals surface area (Å²) in [5.74, 6) is 5.18. The third-order valence-electron chi connectivity index (χ3n) is 6.26. The summed E-state index contributed by atoms with van der Waals surface area (Å²) in [5, 5.41) is 0. The second-order valence-electron chi connectivity index (χ2n) is 6.69. The van der Waals surface area contributed by atoms with E-state index in [2.05, 4.69) is 54.4 Å². The summed E-state index contributed by atoms with van der Waals surface area (Å²) in [6.07, 6.45) is 5.56. The molecule has 7 atom stereocenters. The third kappa shape index (κ3) is 2.00. The summed E-state index contributed by atoms with van der Waals surface area (Å²) in [4.78, 5) is 12.8. The van der Waals surface area contributed by atoms with Gasteiger partial charge < -0.3 is 0 Å². The average Bonchev–Trinajstić information content (AvgIpc) is 2.38. The molecule has 1 nitrogen and oxygen atoms in total. The molecular weight excluding hydrogens is 220 g/mol. The van der Waals surface area contributed by atoms with Crippen LogP contribution in [0.15, 0.2) is 0 Å². The predicted octanol–water partition coefficient (Wildman–Crippen LogP) is 4.03. The third-order valence-corrected chi connectivity index (χ3v) is 6.26. The lowest BCUT2D eigenvalue weighted by molar-refractivity contribution is -0.151. The summed E-state index contributed by atoms with van der Waals surface area (Å²) >= 11 is 0. The monoisotopic (exact) mass is 248 g/mol. The fourth-order valence-electron chi connectivity index (χ4n) is 3.71. The molecule has 0 aliphatic heterocycles. The molecule has 1 fully saturated rings. The molecule has 0 aromatic rings. The molecule has 0 spiro atoms. The smallest absolute Gasteiger partial charge is 0.142 e. The average molecular weight is 248 g/mol. The maximum atomic E-state index is 12.8. The molecule has 0 amide bonds. The highest BCUT2D eigenvalue weighted by molar-refractivity contribution is 5.88. The number of terminal acetylenes is 1. The summed E-state index contributed by atoms with van der Waals surface area (Å²) in [5.41, 5.74) is -0.281. The highest BCUT2D eigenvalue weighted by Gasteiger charge is 2.53. The van der Waals surface area contributed by atoms with Gasteiger partial charge in [-0.25, -0.2) is 0 Å². The minimum Gasteiger partial charge on any atom is -0.299 e. The molecule has 0 radical (unpaired) electrons. The van der Waals surface area contributed by atoms with Crippen LogP contribution in [-0.2, 0) is 4.79 Å². The lowest BCUT2D eigenvalue weighted by Gasteiger charge is -2.51. The molecule has 1 heteroatoms. The quantitative estimate of drug-likeness (QED) is 0.674. The molecule has 7 unspecified atom stereocenters.